The second-order valence-corrected chi connectivity index (χ2v) is 5.60. The summed E-state index contributed by atoms with van der Waals surface area (Å²) < 4.78 is 4.93. The normalized spacial score (nSPS) is 10.1. The number of aryl methyl sites for hydroxylation is 1. The van der Waals surface area contributed by atoms with Crippen LogP contribution in [0.3, 0.4) is 0 Å². The van der Waals surface area contributed by atoms with Crippen LogP contribution in [0.5, 0.6) is 0 Å². The van der Waals surface area contributed by atoms with Crippen molar-refractivity contribution in [3.05, 3.63) is 46.3 Å². The summed E-state index contributed by atoms with van der Waals surface area (Å²) in [5.41, 5.74) is 12.4. The standard InChI is InChI=1S/C15H15N3O4S/c1-8-3-2-4-9(12(8)16)15(21)22-7-11(19)18-14-10(13(17)20)5-6-23-14/h2-6H,7,16H2,1H3,(H2,17,20)(H,18,19). The molecule has 0 aliphatic rings. The average molecular weight is 333 g/mol. The molecule has 1 aromatic carbocycles. The van der Waals surface area contributed by atoms with E-state index in [0.717, 1.165) is 16.9 Å². The highest BCUT2D eigenvalue weighted by molar-refractivity contribution is 7.14. The predicted molar refractivity (Wildman–Crippen MR) is 87.3 cm³/mol. The van der Waals surface area contributed by atoms with Crippen LogP contribution in [0, 0.1) is 6.92 Å². The molecule has 0 radical (unpaired) electrons. The van der Waals surface area contributed by atoms with Crippen molar-refractivity contribution in [1.29, 1.82) is 0 Å². The van der Waals surface area contributed by atoms with Gasteiger partial charge in [0.1, 0.15) is 5.00 Å². The van der Waals surface area contributed by atoms with Crippen molar-refractivity contribution in [2.45, 2.75) is 6.92 Å². The molecule has 0 aliphatic carbocycles. The van der Waals surface area contributed by atoms with Crippen LogP contribution in [0.2, 0.25) is 0 Å². The van der Waals surface area contributed by atoms with E-state index in [1.165, 1.54) is 12.1 Å². The van der Waals surface area contributed by atoms with E-state index in [-0.39, 0.29) is 11.1 Å². The number of amides is 2. The lowest BCUT2D eigenvalue weighted by atomic mass is 10.1. The van der Waals surface area contributed by atoms with Crippen molar-refractivity contribution >= 4 is 39.8 Å². The van der Waals surface area contributed by atoms with Gasteiger partial charge < -0.3 is 21.5 Å². The molecule has 5 N–H and O–H groups in total. The minimum atomic E-state index is -0.692. The van der Waals surface area contributed by atoms with Crippen LogP contribution in [-0.4, -0.2) is 24.4 Å². The van der Waals surface area contributed by atoms with Gasteiger partial charge in [-0.05, 0) is 30.0 Å². The summed E-state index contributed by atoms with van der Waals surface area (Å²) in [5.74, 6) is -1.91. The van der Waals surface area contributed by atoms with Crippen LogP contribution in [0.25, 0.3) is 0 Å². The van der Waals surface area contributed by atoms with Crippen molar-refractivity contribution in [2.75, 3.05) is 17.7 Å². The Morgan fingerprint density at radius 2 is 1.96 bits per heavy atom. The molecule has 0 bridgehead atoms. The molecule has 7 nitrogen and oxygen atoms in total. The van der Waals surface area contributed by atoms with Crippen LogP contribution in [-0.2, 0) is 9.53 Å². The molecule has 2 aromatic rings. The first-order valence-electron chi connectivity index (χ1n) is 6.59. The third kappa shape index (κ3) is 3.86. The van der Waals surface area contributed by atoms with Crippen molar-refractivity contribution in [2.24, 2.45) is 5.73 Å². The van der Waals surface area contributed by atoms with Gasteiger partial charge in [0.25, 0.3) is 11.8 Å². The smallest absolute Gasteiger partial charge is 0.340 e. The molecule has 23 heavy (non-hydrogen) atoms. The number of nitrogens with two attached hydrogens (primary N) is 2. The van der Waals surface area contributed by atoms with E-state index in [2.05, 4.69) is 5.32 Å². The van der Waals surface area contributed by atoms with Crippen LogP contribution < -0.4 is 16.8 Å². The molecule has 1 heterocycles. The quantitative estimate of drug-likeness (QED) is 0.565. The van der Waals surface area contributed by atoms with E-state index >= 15 is 0 Å². The van der Waals surface area contributed by atoms with E-state index in [4.69, 9.17) is 16.2 Å². The van der Waals surface area contributed by atoms with E-state index in [0.29, 0.717) is 10.7 Å². The highest BCUT2D eigenvalue weighted by atomic mass is 32.1. The maximum absolute atomic E-state index is 11.9. The molecule has 0 saturated heterocycles. The number of esters is 1. The predicted octanol–water partition coefficient (Wildman–Crippen LogP) is 1.53. The number of anilines is 2. The fourth-order valence-corrected chi connectivity index (χ4v) is 2.64. The second kappa shape index (κ2) is 6.93. The molecule has 8 heteroatoms. The Bertz CT molecular complexity index is 770. The fraction of sp³-hybridized carbons (Fsp3) is 0.133. The van der Waals surface area contributed by atoms with E-state index < -0.39 is 24.4 Å². The maximum atomic E-state index is 11.9. The Morgan fingerprint density at radius 3 is 2.65 bits per heavy atom. The first-order chi connectivity index (χ1) is 10.9. The van der Waals surface area contributed by atoms with Gasteiger partial charge in [-0.2, -0.15) is 0 Å². The lowest BCUT2D eigenvalue weighted by molar-refractivity contribution is -0.119. The Hall–Kier alpha value is -2.87. The Kier molecular flexibility index (Phi) is 4.97. The summed E-state index contributed by atoms with van der Waals surface area (Å²) in [7, 11) is 0. The monoisotopic (exact) mass is 333 g/mol. The third-order valence-corrected chi connectivity index (χ3v) is 3.89. The molecule has 2 rings (SSSR count). The van der Waals surface area contributed by atoms with Crippen molar-refractivity contribution in [3.63, 3.8) is 0 Å². The zero-order chi connectivity index (χ0) is 17.0. The van der Waals surface area contributed by atoms with Gasteiger partial charge in [-0.25, -0.2) is 4.79 Å². The first kappa shape index (κ1) is 16.5. The molecule has 0 saturated carbocycles. The van der Waals surface area contributed by atoms with Crippen LogP contribution >= 0.6 is 11.3 Å². The number of carbonyl (C=O) groups excluding carboxylic acids is 3. The number of benzene rings is 1. The summed E-state index contributed by atoms with van der Waals surface area (Å²) in [6.07, 6.45) is 0. The number of para-hydroxylation sites is 1. The van der Waals surface area contributed by atoms with Crippen LogP contribution in [0.15, 0.2) is 29.6 Å². The van der Waals surface area contributed by atoms with Gasteiger partial charge in [-0.15, -0.1) is 11.3 Å². The molecule has 0 aliphatic heterocycles. The Morgan fingerprint density at radius 1 is 1.22 bits per heavy atom. The summed E-state index contributed by atoms with van der Waals surface area (Å²) in [5, 5.41) is 4.41. The van der Waals surface area contributed by atoms with Gasteiger partial charge >= 0.3 is 5.97 Å². The fourth-order valence-electron chi connectivity index (χ4n) is 1.83. The molecule has 0 spiro atoms. The summed E-state index contributed by atoms with van der Waals surface area (Å²) >= 11 is 1.15. The number of thiophene rings is 1. The lowest BCUT2D eigenvalue weighted by Gasteiger charge is -2.09. The third-order valence-electron chi connectivity index (χ3n) is 3.06. The molecular formula is C15H15N3O4S. The van der Waals surface area contributed by atoms with Gasteiger partial charge in [-0.3, -0.25) is 9.59 Å². The van der Waals surface area contributed by atoms with Crippen LogP contribution in [0.4, 0.5) is 10.7 Å². The highest BCUT2D eigenvalue weighted by Gasteiger charge is 2.16. The summed E-state index contributed by atoms with van der Waals surface area (Å²) in [6, 6.07) is 6.46. The van der Waals surface area contributed by atoms with Gasteiger partial charge in [0.2, 0.25) is 0 Å². The minimum Gasteiger partial charge on any atom is -0.452 e. The number of carbonyl (C=O) groups is 3. The first-order valence-corrected chi connectivity index (χ1v) is 7.47. The molecule has 0 atom stereocenters. The number of nitrogen functional groups attached to an aromatic ring is 1. The number of primary amides is 1. The molecule has 1 aromatic heterocycles. The van der Waals surface area contributed by atoms with Gasteiger partial charge in [0.05, 0.1) is 11.1 Å². The molecule has 0 unspecified atom stereocenters. The second-order valence-electron chi connectivity index (χ2n) is 4.69. The topological polar surface area (TPSA) is 125 Å². The number of hydrogen-bond donors (Lipinski definition) is 3. The van der Waals surface area contributed by atoms with Crippen LogP contribution in [0.1, 0.15) is 26.3 Å². The zero-order valence-corrected chi connectivity index (χ0v) is 13.1. The molecule has 0 fully saturated rings. The SMILES string of the molecule is Cc1cccc(C(=O)OCC(=O)Nc2sccc2C(N)=O)c1N. The number of nitrogens with one attached hydrogen (secondary N) is 1. The molecular weight excluding hydrogens is 318 g/mol. The molecule has 2 amide bonds. The zero-order valence-electron chi connectivity index (χ0n) is 12.3. The molecule has 120 valence electrons. The van der Waals surface area contributed by atoms with Crippen molar-refractivity contribution in [1.82, 2.24) is 0 Å². The lowest BCUT2D eigenvalue weighted by Crippen LogP contribution is -2.22. The number of ether oxygens (including phenoxy) is 1. The van der Waals surface area contributed by atoms with Crippen molar-refractivity contribution < 1.29 is 19.1 Å². The van der Waals surface area contributed by atoms with Gasteiger partial charge in [0, 0.05) is 5.69 Å². The summed E-state index contributed by atoms with van der Waals surface area (Å²) in [6.45, 7) is 1.27. The Balaban J connectivity index is 1.96. The largest absolute Gasteiger partial charge is 0.452 e. The van der Waals surface area contributed by atoms with Gasteiger partial charge in [0.15, 0.2) is 6.61 Å². The van der Waals surface area contributed by atoms with E-state index in [1.54, 1.807) is 24.4 Å². The highest BCUT2D eigenvalue weighted by Crippen LogP contribution is 2.22. The van der Waals surface area contributed by atoms with E-state index in [1.807, 2.05) is 0 Å². The Labute approximate surface area is 136 Å². The summed E-state index contributed by atoms with van der Waals surface area (Å²) in [4.78, 5) is 34.9. The van der Waals surface area contributed by atoms with E-state index in [9.17, 15) is 14.4 Å². The van der Waals surface area contributed by atoms with Crippen molar-refractivity contribution in [3.8, 4) is 0 Å². The average Bonchev–Trinajstić information content (AvgIpc) is 2.96. The van der Waals surface area contributed by atoms with Gasteiger partial charge in [-0.1, -0.05) is 12.1 Å². The number of hydrogen-bond acceptors (Lipinski definition) is 6. The maximum Gasteiger partial charge on any atom is 0.340 e. The minimum absolute atomic E-state index is 0.201. The number of rotatable bonds is 5.